The second-order valence-electron chi connectivity index (χ2n) is 3.38. The number of para-hydroxylation sites is 1. The van der Waals surface area contributed by atoms with Gasteiger partial charge in [-0.3, -0.25) is 4.79 Å². The molecule has 100 valence electrons. The fourth-order valence-corrected chi connectivity index (χ4v) is 3.34. The van der Waals surface area contributed by atoms with Crippen molar-refractivity contribution in [2.75, 3.05) is 17.3 Å². The van der Waals surface area contributed by atoms with Crippen molar-refractivity contribution in [3.63, 3.8) is 0 Å². The van der Waals surface area contributed by atoms with Gasteiger partial charge < -0.3 is 10.4 Å². The first kappa shape index (κ1) is 14.2. The Kier molecular flexibility index (Phi) is 5.06. The van der Waals surface area contributed by atoms with E-state index in [0.29, 0.717) is 9.47 Å². The number of benzene rings is 1. The van der Waals surface area contributed by atoms with Crippen LogP contribution in [0.4, 0.5) is 10.8 Å². The van der Waals surface area contributed by atoms with Gasteiger partial charge in [0.2, 0.25) is 5.13 Å². The number of hydrogen-bond acceptors (Lipinski definition) is 7. The molecule has 1 heterocycles. The highest BCUT2D eigenvalue weighted by atomic mass is 32.2. The van der Waals surface area contributed by atoms with Gasteiger partial charge in [-0.1, -0.05) is 35.2 Å². The van der Waals surface area contributed by atoms with Crippen LogP contribution in [0.1, 0.15) is 0 Å². The molecule has 0 aliphatic carbocycles. The molecule has 0 bridgehead atoms. The van der Waals surface area contributed by atoms with Crippen molar-refractivity contribution in [2.24, 2.45) is 0 Å². The molecular weight excluding hydrogens is 302 g/mol. The molecule has 1 aromatic carbocycles. The van der Waals surface area contributed by atoms with Crippen molar-refractivity contribution in [1.29, 1.82) is 0 Å². The topological polar surface area (TPSA) is 75.1 Å². The SMILES string of the molecule is CSc1ccccc1Nc1nnc(SCC(=O)O)s1. The van der Waals surface area contributed by atoms with Crippen molar-refractivity contribution in [3.8, 4) is 0 Å². The maximum Gasteiger partial charge on any atom is 0.313 e. The summed E-state index contributed by atoms with van der Waals surface area (Å²) in [6, 6.07) is 7.92. The second kappa shape index (κ2) is 6.78. The molecule has 0 spiro atoms. The standard InChI is InChI=1S/C11H11N3O2S3/c1-17-8-5-3-2-4-7(8)12-10-13-14-11(19-10)18-6-9(15)16/h2-5H,6H2,1H3,(H,12,13)(H,15,16). The number of carbonyl (C=O) groups is 1. The molecule has 0 amide bonds. The van der Waals surface area contributed by atoms with Crippen molar-refractivity contribution >= 4 is 51.6 Å². The van der Waals surface area contributed by atoms with Gasteiger partial charge in [-0.2, -0.15) is 0 Å². The molecule has 0 radical (unpaired) electrons. The maximum atomic E-state index is 10.5. The lowest BCUT2D eigenvalue weighted by molar-refractivity contribution is -0.133. The minimum absolute atomic E-state index is 0.00394. The minimum atomic E-state index is -0.859. The van der Waals surface area contributed by atoms with E-state index < -0.39 is 5.97 Å². The van der Waals surface area contributed by atoms with Crippen LogP contribution >= 0.6 is 34.9 Å². The monoisotopic (exact) mass is 313 g/mol. The van der Waals surface area contributed by atoms with Gasteiger partial charge in [0.05, 0.1) is 11.4 Å². The van der Waals surface area contributed by atoms with Crippen LogP contribution in [0.2, 0.25) is 0 Å². The molecule has 0 unspecified atom stereocenters. The first-order valence-corrected chi connectivity index (χ1v) is 8.30. The number of nitrogens with zero attached hydrogens (tertiary/aromatic N) is 2. The van der Waals surface area contributed by atoms with Gasteiger partial charge >= 0.3 is 5.97 Å². The Morgan fingerprint density at radius 2 is 2.21 bits per heavy atom. The number of nitrogens with one attached hydrogen (secondary N) is 1. The molecule has 0 aliphatic heterocycles. The Morgan fingerprint density at radius 1 is 1.42 bits per heavy atom. The molecule has 2 N–H and O–H groups in total. The van der Waals surface area contributed by atoms with Gasteiger partial charge in [0, 0.05) is 4.90 Å². The predicted octanol–water partition coefficient (Wildman–Crippen LogP) is 3.18. The van der Waals surface area contributed by atoms with Crippen LogP contribution in [0.3, 0.4) is 0 Å². The van der Waals surface area contributed by atoms with Crippen LogP contribution in [-0.2, 0) is 4.79 Å². The van der Waals surface area contributed by atoms with Crippen LogP contribution in [0.5, 0.6) is 0 Å². The molecule has 2 rings (SSSR count). The van der Waals surface area contributed by atoms with Gasteiger partial charge in [-0.25, -0.2) is 0 Å². The van der Waals surface area contributed by atoms with E-state index in [4.69, 9.17) is 5.11 Å². The van der Waals surface area contributed by atoms with E-state index in [1.165, 1.54) is 23.1 Å². The van der Waals surface area contributed by atoms with Gasteiger partial charge in [-0.15, -0.1) is 22.0 Å². The summed E-state index contributed by atoms with van der Waals surface area (Å²) < 4.78 is 0.645. The second-order valence-corrected chi connectivity index (χ2v) is 6.43. The Balaban J connectivity index is 2.05. The Bertz CT molecular complexity index is 574. The zero-order valence-electron chi connectivity index (χ0n) is 9.99. The zero-order chi connectivity index (χ0) is 13.7. The minimum Gasteiger partial charge on any atom is -0.481 e. The number of aliphatic carboxylic acids is 1. The summed E-state index contributed by atoms with van der Waals surface area (Å²) in [6.07, 6.45) is 2.01. The summed E-state index contributed by atoms with van der Waals surface area (Å²) in [4.78, 5) is 11.6. The zero-order valence-corrected chi connectivity index (χ0v) is 12.4. The molecule has 0 aliphatic rings. The number of carboxylic acids is 1. The quantitative estimate of drug-likeness (QED) is 0.793. The van der Waals surface area contributed by atoms with E-state index in [-0.39, 0.29) is 5.75 Å². The third kappa shape index (κ3) is 4.12. The third-order valence-electron chi connectivity index (χ3n) is 2.07. The van der Waals surface area contributed by atoms with Crippen LogP contribution in [0.15, 0.2) is 33.5 Å². The number of aromatic nitrogens is 2. The summed E-state index contributed by atoms with van der Waals surface area (Å²) in [7, 11) is 0. The van der Waals surface area contributed by atoms with Gasteiger partial charge in [0.15, 0.2) is 4.34 Å². The molecular formula is C11H11N3O2S3. The maximum absolute atomic E-state index is 10.5. The number of hydrogen-bond donors (Lipinski definition) is 2. The Morgan fingerprint density at radius 3 is 2.95 bits per heavy atom. The summed E-state index contributed by atoms with van der Waals surface area (Å²) >= 11 is 4.16. The molecule has 19 heavy (non-hydrogen) atoms. The van der Waals surface area contributed by atoms with Gasteiger partial charge in [-0.05, 0) is 18.4 Å². The van der Waals surface area contributed by atoms with Gasteiger partial charge in [0.25, 0.3) is 0 Å². The van der Waals surface area contributed by atoms with Crippen molar-refractivity contribution in [1.82, 2.24) is 10.2 Å². The largest absolute Gasteiger partial charge is 0.481 e. The normalized spacial score (nSPS) is 10.4. The van der Waals surface area contributed by atoms with E-state index >= 15 is 0 Å². The summed E-state index contributed by atoms with van der Waals surface area (Å²) in [6.45, 7) is 0. The highest BCUT2D eigenvalue weighted by molar-refractivity contribution is 8.01. The Hall–Kier alpha value is -1.25. The average molecular weight is 313 g/mol. The molecule has 2 aromatic rings. The van der Waals surface area contributed by atoms with Crippen LogP contribution in [0.25, 0.3) is 0 Å². The summed E-state index contributed by atoms with van der Waals surface area (Å²) in [5.41, 5.74) is 0.973. The summed E-state index contributed by atoms with van der Waals surface area (Å²) in [5, 5.41) is 20.4. The van der Waals surface area contributed by atoms with Crippen LogP contribution in [-0.4, -0.2) is 33.3 Å². The molecule has 0 saturated heterocycles. The molecule has 0 atom stereocenters. The van der Waals surface area contributed by atoms with E-state index in [9.17, 15) is 4.79 Å². The molecule has 1 aromatic heterocycles. The van der Waals surface area contributed by atoms with Crippen molar-refractivity contribution in [3.05, 3.63) is 24.3 Å². The average Bonchev–Trinajstić information content (AvgIpc) is 2.85. The molecule has 8 heteroatoms. The summed E-state index contributed by atoms with van der Waals surface area (Å²) in [5.74, 6) is -0.863. The van der Waals surface area contributed by atoms with Crippen molar-refractivity contribution in [2.45, 2.75) is 9.24 Å². The number of thioether (sulfide) groups is 2. The Labute approximate surface area is 122 Å². The molecule has 5 nitrogen and oxygen atoms in total. The highest BCUT2D eigenvalue weighted by Gasteiger charge is 2.08. The highest BCUT2D eigenvalue weighted by Crippen LogP contribution is 2.31. The predicted molar refractivity (Wildman–Crippen MR) is 79.8 cm³/mol. The number of rotatable bonds is 6. The van der Waals surface area contributed by atoms with Gasteiger partial charge in [0.1, 0.15) is 0 Å². The number of anilines is 2. The lowest BCUT2D eigenvalue weighted by Crippen LogP contribution is -1.96. The van der Waals surface area contributed by atoms with Crippen molar-refractivity contribution < 1.29 is 9.90 Å². The molecule has 0 fully saturated rings. The lowest BCUT2D eigenvalue weighted by Gasteiger charge is -2.06. The molecule has 0 saturated carbocycles. The van der Waals surface area contributed by atoms with E-state index in [1.807, 2.05) is 30.5 Å². The first-order valence-electron chi connectivity index (χ1n) is 5.27. The fraction of sp³-hybridized carbons (Fsp3) is 0.182. The smallest absolute Gasteiger partial charge is 0.313 e. The van der Waals surface area contributed by atoms with Crippen LogP contribution < -0.4 is 5.32 Å². The van der Waals surface area contributed by atoms with E-state index in [0.717, 1.165) is 10.6 Å². The van der Waals surface area contributed by atoms with E-state index in [2.05, 4.69) is 15.5 Å². The first-order chi connectivity index (χ1) is 9.19. The number of carboxylic acid groups (broad SMARTS) is 1. The van der Waals surface area contributed by atoms with E-state index in [1.54, 1.807) is 11.8 Å². The fourth-order valence-electron chi connectivity index (χ4n) is 1.31. The third-order valence-corrected chi connectivity index (χ3v) is 4.83. The lowest BCUT2D eigenvalue weighted by atomic mass is 10.3. The van der Waals surface area contributed by atoms with Crippen LogP contribution in [0, 0.1) is 0 Å².